The molecule has 0 unspecified atom stereocenters. The lowest BCUT2D eigenvalue weighted by Gasteiger charge is -2.30. The highest BCUT2D eigenvalue weighted by molar-refractivity contribution is 8.00. The second-order valence-corrected chi connectivity index (χ2v) is 19.9. The van der Waals surface area contributed by atoms with E-state index < -0.39 is 42.9 Å². The molecule has 0 aromatic heterocycles. The lowest BCUT2D eigenvalue weighted by atomic mass is 10.1. The lowest BCUT2D eigenvalue weighted by molar-refractivity contribution is -0.126. The molecule has 2 amide bonds. The number of benzene rings is 4. The first kappa shape index (κ1) is 45.6. The van der Waals surface area contributed by atoms with Crippen molar-refractivity contribution in [2.45, 2.75) is 84.9 Å². The highest BCUT2D eigenvalue weighted by Crippen LogP contribution is 2.40. The predicted octanol–water partition coefficient (Wildman–Crippen LogP) is 6.81. The topological polar surface area (TPSA) is 162 Å². The van der Waals surface area contributed by atoms with Crippen molar-refractivity contribution >= 4 is 41.7 Å². The summed E-state index contributed by atoms with van der Waals surface area (Å²) in [7, 11) is -7.91. The van der Waals surface area contributed by atoms with Crippen molar-refractivity contribution in [2.75, 3.05) is 19.7 Å². The first-order chi connectivity index (χ1) is 28.4. The number of nitrogens with one attached hydrogen (secondary N) is 2. The summed E-state index contributed by atoms with van der Waals surface area (Å²) in [6, 6.07) is 34.9. The molecule has 60 heavy (non-hydrogen) atoms. The average molecular weight is 857 g/mol. The molecule has 14 heteroatoms. The Morgan fingerprint density at radius 1 is 0.567 bits per heavy atom. The van der Waals surface area contributed by atoms with Crippen LogP contribution in [0.4, 0.5) is 0 Å². The van der Waals surface area contributed by atoms with Gasteiger partial charge in [0.15, 0.2) is 0 Å². The molecule has 2 aliphatic rings. The van der Waals surface area contributed by atoms with Crippen LogP contribution >= 0.6 is 0 Å². The fraction of sp³-hybridized carbons (Fsp3) is 0.348. The molecule has 12 nitrogen and oxygen atoms in total. The number of aliphatic hydroxyl groups excluding tert-OH is 1. The first-order valence-electron chi connectivity index (χ1n) is 20.0. The quantitative estimate of drug-likeness (QED) is 0.108. The number of amides is 2. The molecule has 0 atom stereocenters. The number of nitrogens with zero attached hydrogens (tertiary/aromatic N) is 2. The van der Waals surface area contributed by atoms with E-state index in [0.29, 0.717) is 43.0 Å². The Bertz CT molecular complexity index is 2410. The molecule has 2 aliphatic heterocycles. The molecule has 3 N–H and O–H groups in total. The van der Waals surface area contributed by atoms with Crippen LogP contribution in [-0.4, -0.2) is 73.1 Å². The molecule has 6 rings (SSSR count). The number of unbranched alkanes of at least 4 members (excludes halogenated alkanes) is 1. The lowest BCUT2D eigenvalue weighted by Crippen LogP contribution is -2.46. The molecule has 0 spiro atoms. The van der Waals surface area contributed by atoms with E-state index in [1.165, 1.54) is 5.56 Å². The van der Waals surface area contributed by atoms with E-state index >= 15 is 0 Å². The van der Waals surface area contributed by atoms with Gasteiger partial charge in [-0.25, -0.2) is 25.4 Å². The zero-order valence-corrected chi connectivity index (χ0v) is 36.8. The molecule has 0 saturated heterocycles. The molecule has 2 heterocycles. The Labute approximate surface area is 355 Å². The number of aryl methyl sites for hydroxylation is 1. The van der Waals surface area contributed by atoms with Crippen LogP contribution in [-0.2, 0) is 42.7 Å². The molecule has 4 aromatic rings. The summed E-state index contributed by atoms with van der Waals surface area (Å²) in [5.41, 5.74) is 1.57. The molecular formula is C46H56N4O8S2. The minimum absolute atomic E-state index is 0.00425. The summed E-state index contributed by atoms with van der Waals surface area (Å²) < 4.78 is 60.6. The van der Waals surface area contributed by atoms with Crippen LogP contribution in [0.5, 0.6) is 5.75 Å². The standard InChI is InChI=1S/C23H28N2O5S.C23H28N2O3S/c1-23(2,3)25-22(27)20(21(31(25,28)29)18-10-5-4-6-11-18)24-13-8-14-30-19-12-7-9-17(15-19)16-26;1-23(2,3)25-22(26)20(21(29(25,27)28)19-15-8-5-9-16-19)24-17-11-10-14-18-12-6-4-7-13-18/h4-7,9-12,15,24,26H,8,13-14,16H2,1-3H3;4-9,12-13,15-16,24H,10-11,14,17H2,1-3H3. The molecule has 320 valence electrons. The Balaban J connectivity index is 0.000000228. The third kappa shape index (κ3) is 10.6. The van der Waals surface area contributed by atoms with Gasteiger partial charge < -0.3 is 20.5 Å². The van der Waals surface area contributed by atoms with Gasteiger partial charge in [0.1, 0.15) is 27.0 Å². The van der Waals surface area contributed by atoms with Gasteiger partial charge >= 0.3 is 0 Å². The number of sulfonamides is 2. The van der Waals surface area contributed by atoms with Gasteiger partial charge in [-0.05, 0) is 102 Å². The van der Waals surface area contributed by atoms with E-state index in [4.69, 9.17) is 4.74 Å². The Kier molecular flexibility index (Phi) is 14.7. The van der Waals surface area contributed by atoms with Crippen LogP contribution in [0.25, 0.3) is 9.81 Å². The maximum Gasteiger partial charge on any atom is 0.285 e. The van der Waals surface area contributed by atoms with Crippen molar-refractivity contribution in [3.63, 3.8) is 0 Å². The molecule has 0 bridgehead atoms. The van der Waals surface area contributed by atoms with Crippen LogP contribution < -0.4 is 15.4 Å². The minimum atomic E-state index is -3.98. The fourth-order valence-corrected chi connectivity index (χ4v) is 11.1. The van der Waals surface area contributed by atoms with Crippen LogP contribution in [0.2, 0.25) is 0 Å². The largest absolute Gasteiger partial charge is 0.494 e. The number of ether oxygens (including phenoxy) is 1. The molecule has 0 fully saturated rings. The SMILES string of the molecule is CC(C)(C)N1C(=O)C(NCCCCc2ccccc2)=C(c2ccccc2)S1(=O)=O.CC(C)(C)N1C(=O)C(NCCCOc2cccc(CO)c2)=C(c2ccccc2)S1(=O)=O. The fourth-order valence-electron chi connectivity index (χ4n) is 6.99. The van der Waals surface area contributed by atoms with Crippen LogP contribution in [0.15, 0.2) is 127 Å². The van der Waals surface area contributed by atoms with Crippen molar-refractivity contribution in [1.82, 2.24) is 19.2 Å². The van der Waals surface area contributed by atoms with Gasteiger partial charge in [-0.1, -0.05) is 103 Å². The van der Waals surface area contributed by atoms with E-state index in [1.54, 1.807) is 120 Å². The average Bonchev–Trinajstić information content (AvgIpc) is 3.54. The van der Waals surface area contributed by atoms with E-state index in [1.807, 2.05) is 24.3 Å². The van der Waals surface area contributed by atoms with Crippen molar-refractivity contribution < 1.29 is 36.3 Å². The summed E-state index contributed by atoms with van der Waals surface area (Å²) >= 11 is 0. The number of carbonyl (C=O) groups is 2. The van der Waals surface area contributed by atoms with Gasteiger partial charge in [0, 0.05) is 13.1 Å². The van der Waals surface area contributed by atoms with E-state index in [9.17, 15) is 31.5 Å². The van der Waals surface area contributed by atoms with Crippen LogP contribution in [0.1, 0.15) is 83.1 Å². The normalized spacial score (nSPS) is 16.2. The van der Waals surface area contributed by atoms with Gasteiger partial charge in [-0.3, -0.25) is 9.59 Å². The Hall–Kier alpha value is -5.44. The highest BCUT2D eigenvalue weighted by atomic mass is 32.2. The summed E-state index contributed by atoms with van der Waals surface area (Å²) in [6.45, 7) is 11.5. The van der Waals surface area contributed by atoms with Crippen molar-refractivity contribution in [3.05, 3.63) is 149 Å². The monoisotopic (exact) mass is 856 g/mol. The Morgan fingerprint density at radius 2 is 1.00 bits per heavy atom. The predicted molar refractivity (Wildman–Crippen MR) is 236 cm³/mol. The summed E-state index contributed by atoms with van der Waals surface area (Å²) in [6.07, 6.45) is 3.30. The number of carbonyl (C=O) groups excluding carboxylic acids is 2. The maximum atomic E-state index is 13.3. The third-order valence-corrected chi connectivity index (χ3v) is 13.8. The van der Waals surface area contributed by atoms with Crippen molar-refractivity contribution in [3.8, 4) is 5.75 Å². The second-order valence-electron chi connectivity index (χ2n) is 16.4. The number of aliphatic hydroxyl groups is 1. The van der Waals surface area contributed by atoms with Gasteiger partial charge in [-0.15, -0.1) is 0 Å². The zero-order valence-electron chi connectivity index (χ0n) is 35.1. The van der Waals surface area contributed by atoms with Gasteiger partial charge in [0.25, 0.3) is 31.9 Å². The second kappa shape index (κ2) is 19.3. The van der Waals surface area contributed by atoms with E-state index in [2.05, 4.69) is 22.8 Å². The Morgan fingerprint density at radius 3 is 1.45 bits per heavy atom. The maximum absolute atomic E-state index is 13.3. The number of rotatable bonds is 15. The van der Waals surface area contributed by atoms with Crippen molar-refractivity contribution in [1.29, 1.82) is 0 Å². The van der Waals surface area contributed by atoms with Crippen LogP contribution in [0, 0.1) is 0 Å². The van der Waals surface area contributed by atoms with E-state index in [-0.39, 0.29) is 27.8 Å². The summed E-state index contributed by atoms with van der Waals surface area (Å²) in [5.74, 6) is -0.392. The molecular weight excluding hydrogens is 801 g/mol. The van der Waals surface area contributed by atoms with Crippen LogP contribution in [0.3, 0.4) is 0 Å². The van der Waals surface area contributed by atoms with Gasteiger partial charge in [0.05, 0.1) is 24.3 Å². The smallest absolute Gasteiger partial charge is 0.285 e. The summed E-state index contributed by atoms with van der Waals surface area (Å²) in [4.78, 5) is 26.2. The summed E-state index contributed by atoms with van der Waals surface area (Å²) in [5, 5.41) is 15.4. The number of hydrogen-bond donors (Lipinski definition) is 3. The van der Waals surface area contributed by atoms with Gasteiger partial charge in [0.2, 0.25) is 0 Å². The van der Waals surface area contributed by atoms with E-state index in [0.717, 1.165) is 33.4 Å². The zero-order chi connectivity index (χ0) is 43.7. The molecule has 0 radical (unpaired) electrons. The first-order valence-corrected chi connectivity index (χ1v) is 22.9. The molecule has 0 aliphatic carbocycles. The van der Waals surface area contributed by atoms with Crippen molar-refractivity contribution in [2.24, 2.45) is 0 Å². The molecule has 0 saturated carbocycles. The van der Waals surface area contributed by atoms with Gasteiger partial charge in [-0.2, -0.15) is 0 Å². The minimum Gasteiger partial charge on any atom is -0.494 e. The molecule has 4 aromatic carbocycles. The number of hydrogen-bond acceptors (Lipinski definition) is 10. The third-order valence-electron chi connectivity index (χ3n) is 9.55. The highest BCUT2D eigenvalue weighted by Gasteiger charge is 2.50.